The summed E-state index contributed by atoms with van der Waals surface area (Å²) in [5.74, 6) is 1.51. The van der Waals surface area contributed by atoms with Crippen LogP contribution >= 0.6 is 11.8 Å². The minimum atomic E-state index is 0.0465. The van der Waals surface area contributed by atoms with Gasteiger partial charge in [-0.25, -0.2) is 0 Å². The van der Waals surface area contributed by atoms with Crippen LogP contribution in [0.3, 0.4) is 0 Å². The molecule has 0 radical (unpaired) electrons. The van der Waals surface area contributed by atoms with Gasteiger partial charge in [-0.2, -0.15) is 0 Å². The van der Waals surface area contributed by atoms with E-state index in [1.807, 2.05) is 0 Å². The van der Waals surface area contributed by atoms with Gasteiger partial charge in [0.25, 0.3) is 0 Å². The highest BCUT2D eigenvalue weighted by atomic mass is 32.2. The van der Waals surface area contributed by atoms with Crippen LogP contribution in [-0.4, -0.2) is 22.6 Å². The largest absolute Gasteiger partial charge is 0.299 e. The van der Waals surface area contributed by atoms with Crippen LogP contribution in [0.5, 0.6) is 0 Å². The summed E-state index contributed by atoms with van der Waals surface area (Å²) in [5, 5.41) is 0.118. The first-order valence-corrected chi connectivity index (χ1v) is 5.71. The highest BCUT2D eigenvalue weighted by Crippen LogP contribution is 2.49. The Morgan fingerprint density at radius 3 is 2.77 bits per heavy atom. The average molecular weight is 198 g/mol. The van der Waals surface area contributed by atoms with Crippen LogP contribution in [0.25, 0.3) is 0 Å². The maximum atomic E-state index is 11.6. The van der Waals surface area contributed by atoms with E-state index in [1.165, 1.54) is 0 Å². The zero-order chi connectivity index (χ0) is 9.64. The number of hydrogen-bond acceptors (Lipinski definition) is 3. The van der Waals surface area contributed by atoms with Gasteiger partial charge in [-0.1, -0.05) is 13.8 Å². The lowest BCUT2D eigenvalue weighted by atomic mass is 9.79. The Labute approximate surface area is 82.5 Å². The van der Waals surface area contributed by atoms with Crippen LogP contribution in [0.2, 0.25) is 0 Å². The van der Waals surface area contributed by atoms with E-state index >= 15 is 0 Å². The van der Waals surface area contributed by atoms with E-state index in [0.29, 0.717) is 36.1 Å². The average Bonchev–Trinajstić information content (AvgIpc) is 2.23. The molecule has 0 aromatic rings. The number of hydrogen-bond donors (Lipinski definition) is 0. The highest BCUT2D eigenvalue weighted by Gasteiger charge is 2.50. The summed E-state index contributed by atoms with van der Waals surface area (Å²) >= 11 is 1.55. The quantitative estimate of drug-likeness (QED) is 0.594. The predicted octanol–water partition coefficient (Wildman–Crippen LogP) is 1.68. The number of Topliss-reactive ketones (excluding diaryl/α,β-unsaturated/α-hetero) is 2. The van der Waals surface area contributed by atoms with E-state index in [9.17, 15) is 9.59 Å². The fourth-order valence-corrected chi connectivity index (χ4v) is 3.84. The highest BCUT2D eigenvalue weighted by molar-refractivity contribution is 8.01. The Bertz CT molecular complexity index is 270. The topological polar surface area (TPSA) is 34.1 Å². The predicted molar refractivity (Wildman–Crippen MR) is 52.8 cm³/mol. The fourth-order valence-electron chi connectivity index (χ4n) is 2.39. The Hall–Kier alpha value is -0.310. The molecule has 1 unspecified atom stereocenters. The molecule has 0 aromatic heterocycles. The van der Waals surface area contributed by atoms with Gasteiger partial charge >= 0.3 is 0 Å². The van der Waals surface area contributed by atoms with Crippen LogP contribution in [-0.2, 0) is 9.59 Å². The lowest BCUT2D eigenvalue weighted by molar-refractivity contribution is -0.118. The lowest BCUT2D eigenvalue weighted by Crippen LogP contribution is -2.32. The molecule has 3 heteroatoms. The van der Waals surface area contributed by atoms with Gasteiger partial charge in [-0.3, -0.25) is 9.59 Å². The van der Waals surface area contributed by atoms with Gasteiger partial charge in [0.15, 0.2) is 0 Å². The third-order valence-corrected chi connectivity index (χ3v) is 4.63. The third-order valence-electron chi connectivity index (χ3n) is 3.19. The van der Waals surface area contributed by atoms with Gasteiger partial charge in [0.2, 0.25) is 0 Å². The molecular weight excluding hydrogens is 184 g/mol. The van der Waals surface area contributed by atoms with Crippen molar-refractivity contribution in [2.45, 2.75) is 31.9 Å². The maximum absolute atomic E-state index is 11.6. The van der Waals surface area contributed by atoms with Crippen molar-refractivity contribution < 1.29 is 9.59 Å². The molecule has 1 aliphatic heterocycles. The van der Waals surface area contributed by atoms with Crippen molar-refractivity contribution in [3.8, 4) is 0 Å². The van der Waals surface area contributed by atoms with Crippen LogP contribution in [0.1, 0.15) is 26.7 Å². The summed E-state index contributed by atoms with van der Waals surface area (Å²) in [4.78, 5) is 22.9. The van der Waals surface area contributed by atoms with Crippen molar-refractivity contribution in [2.24, 2.45) is 11.3 Å². The second-order valence-corrected chi connectivity index (χ2v) is 5.84. The van der Waals surface area contributed by atoms with Crippen LogP contribution in [0.15, 0.2) is 0 Å². The Kier molecular flexibility index (Phi) is 2.02. The number of rotatable bonds is 0. The van der Waals surface area contributed by atoms with Crippen molar-refractivity contribution in [1.29, 1.82) is 0 Å². The third kappa shape index (κ3) is 1.43. The van der Waals surface area contributed by atoms with Crippen molar-refractivity contribution in [3.63, 3.8) is 0 Å². The van der Waals surface area contributed by atoms with E-state index in [0.717, 1.165) is 0 Å². The molecule has 2 rings (SSSR count). The summed E-state index contributed by atoms with van der Waals surface area (Å²) in [7, 11) is 0. The molecular formula is C10H14O2S. The number of carbonyl (C=O) groups excluding carboxylic acids is 2. The zero-order valence-corrected chi connectivity index (χ0v) is 8.82. The summed E-state index contributed by atoms with van der Waals surface area (Å²) in [5.41, 5.74) is 0.0465. The molecule has 0 spiro atoms. The van der Waals surface area contributed by atoms with Crippen molar-refractivity contribution in [2.75, 3.05) is 5.75 Å². The van der Waals surface area contributed by atoms with E-state index in [-0.39, 0.29) is 10.7 Å². The van der Waals surface area contributed by atoms with Gasteiger partial charge in [0.05, 0.1) is 11.0 Å². The normalized spacial score (nSPS) is 37.7. The minimum absolute atomic E-state index is 0.0465. The molecule has 2 atom stereocenters. The molecule has 13 heavy (non-hydrogen) atoms. The van der Waals surface area contributed by atoms with Gasteiger partial charge in [0.1, 0.15) is 11.6 Å². The molecule has 2 fully saturated rings. The van der Waals surface area contributed by atoms with E-state index in [4.69, 9.17) is 0 Å². The Morgan fingerprint density at radius 1 is 1.38 bits per heavy atom. The fraction of sp³-hybridized carbons (Fsp3) is 0.800. The second kappa shape index (κ2) is 2.84. The van der Waals surface area contributed by atoms with Gasteiger partial charge < -0.3 is 0 Å². The molecule has 0 amide bonds. The monoisotopic (exact) mass is 198 g/mol. The zero-order valence-electron chi connectivity index (χ0n) is 8.00. The van der Waals surface area contributed by atoms with Crippen LogP contribution in [0, 0.1) is 11.3 Å². The lowest BCUT2D eigenvalue weighted by Gasteiger charge is -2.31. The minimum Gasteiger partial charge on any atom is -0.299 e. The van der Waals surface area contributed by atoms with Crippen LogP contribution < -0.4 is 0 Å². The summed E-state index contributed by atoms with van der Waals surface area (Å²) in [6.07, 6.45) is 1.28. The summed E-state index contributed by atoms with van der Waals surface area (Å²) < 4.78 is 0. The smallest absolute Gasteiger partial charge is 0.146 e. The van der Waals surface area contributed by atoms with Crippen molar-refractivity contribution >= 4 is 23.3 Å². The van der Waals surface area contributed by atoms with Gasteiger partial charge in [-0.05, 0) is 11.3 Å². The Morgan fingerprint density at radius 2 is 2.08 bits per heavy atom. The van der Waals surface area contributed by atoms with E-state index in [2.05, 4.69) is 13.8 Å². The van der Waals surface area contributed by atoms with Crippen molar-refractivity contribution in [1.82, 2.24) is 0 Å². The standard InChI is InChI=1S/C10H14O2S/c1-10(2)4-8(12)9-7(10)3-6(11)5-13-9/h7,9H,3-5H2,1-2H3/t7?,9-/m0/s1. The Balaban J connectivity index is 2.25. The molecule has 0 N–H and O–H groups in total. The molecule has 0 bridgehead atoms. The van der Waals surface area contributed by atoms with Crippen molar-refractivity contribution in [3.05, 3.63) is 0 Å². The van der Waals surface area contributed by atoms with E-state index in [1.54, 1.807) is 11.8 Å². The second-order valence-electron chi connectivity index (χ2n) is 4.71. The summed E-state index contributed by atoms with van der Waals surface area (Å²) in [6.45, 7) is 4.21. The molecule has 2 nitrogen and oxygen atoms in total. The molecule has 2 aliphatic rings. The summed E-state index contributed by atoms with van der Waals surface area (Å²) in [6, 6.07) is 0. The number of carbonyl (C=O) groups is 2. The molecule has 1 heterocycles. The molecule has 1 saturated heterocycles. The SMILES string of the molecule is CC1(C)CC(=O)[C@H]2SCC(=O)CC21. The molecule has 0 aromatic carbocycles. The number of fused-ring (bicyclic) bond motifs is 1. The van der Waals surface area contributed by atoms with Gasteiger partial charge in [-0.15, -0.1) is 11.8 Å². The first-order valence-electron chi connectivity index (χ1n) is 4.67. The number of thioether (sulfide) groups is 1. The van der Waals surface area contributed by atoms with Crippen LogP contribution in [0.4, 0.5) is 0 Å². The molecule has 1 saturated carbocycles. The molecule has 1 aliphatic carbocycles. The first-order chi connectivity index (χ1) is 6.00. The first kappa shape index (κ1) is 9.25. The van der Waals surface area contributed by atoms with E-state index < -0.39 is 0 Å². The van der Waals surface area contributed by atoms with Gasteiger partial charge in [0, 0.05) is 12.8 Å². The molecule has 72 valence electrons. The number of ketones is 2. The maximum Gasteiger partial charge on any atom is 0.146 e.